The van der Waals surface area contributed by atoms with Crippen molar-refractivity contribution in [2.75, 3.05) is 5.73 Å². The second-order valence-corrected chi connectivity index (χ2v) is 4.91. The van der Waals surface area contributed by atoms with E-state index in [1.807, 2.05) is 0 Å². The van der Waals surface area contributed by atoms with Gasteiger partial charge in [-0.3, -0.25) is 9.78 Å². The van der Waals surface area contributed by atoms with Gasteiger partial charge in [0.2, 0.25) is 0 Å². The number of rotatable bonds is 1. The summed E-state index contributed by atoms with van der Waals surface area (Å²) in [5, 5.41) is 0.519. The maximum Gasteiger partial charge on any atom is 0.276 e. The van der Waals surface area contributed by atoms with Crippen molar-refractivity contribution in [3.63, 3.8) is 0 Å². The van der Waals surface area contributed by atoms with E-state index in [-0.39, 0.29) is 11.3 Å². The highest BCUT2D eigenvalue weighted by Gasteiger charge is 2.16. The molecule has 0 saturated carbocycles. The fourth-order valence-electron chi connectivity index (χ4n) is 2.47. The Bertz CT molecular complexity index is 1080. The van der Waals surface area contributed by atoms with Gasteiger partial charge in [0.15, 0.2) is 5.69 Å². The van der Waals surface area contributed by atoms with Crippen LogP contribution >= 0.6 is 0 Å². The quantitative estimate of drug-likeness (QED) is 0.501. The van der Waals surface area contributed by atoms with Crippen molar-refractivity contribution in [2.45, 2.75) is 0 Å². The molecular weight excluding hydrogens is 285 g/mol. The Hall–Kier alpha value is -3.22. The predicted octanol–water partition coefficient (Wildman–Crippen LogP) is 2.19. The van der Waals surface area contributed by atoms with Gasteiger partial charge in [0.1, 0.15) is 5.82 Å². The first-order valence-electron chi connectivity index (χ1n) is 6.54. The number of pyridine rings is 1. The van der Waals surface area contributed by atoms with E-state index in [0.717, 1.165) is 0 Å². The third-order valence-corrected chi connectivity index (χ3v) is 3.53. The van der Waals surface area contributed by atoms with Crippen LogP contribution in [0.5, 0.6) is 0 Å². The molecule has 0 bridgehead atoms. The molecule has 0 aliphatic rings. The Labute approximate surface area is 122 Å². The number of benzene rings is 1. The van der Waals surface area contributed by atoms with Crippen LogP contribution in [0.2, 0.25) is 0 Å². The second kappa shape index (κ2) is 4.39. The lowest BCUT2D eigenvalue weighted by Crippen LogP contribution is -2.12. The normalized spacial score (nSPS) is 11.3. The molecule has 0 spiro atoms. The average molecular weight is 295 g/mol. The maximum absolute atomic E-state index is 13.4. The zero-order chi connectivity index (χ0) is 15.3. The molecule has 0 fully saturated rings. The molecule has 1 aromatic carbocycles. The van der Waals surface area contributed by atoms with Gasteiger partial charge in [0.25, 0.3) is 5.56 Å². The Balaban J connectivity index is 2.04. The van der Waals surface area contributed by atoms with Crippen LogP contribution in [0, 0.1) is 5.82 Å². The number of fused-ring (bicyclic) bond motifs is 2. The van der Waals surface area contributed by atoms with E-state index < -0.39 is 5.82 Å². The number of aromatic amines is 2. The number of H-pyrrole nitrogens is 2. The number of nitrogens with two attached hydrogens (primary N) is 1. The molecule has 3 heterocycles. The lowest BCUT2D eigenvalue weighted by Gasteiger charge is -2.01. The molecule has 6 nitrogen and oxygen atoms in total. The number of hydrogen-bond acceptors (Lipinski definition) is 4. The monoisotopic (exact) mass is 295 g/mol. The van der Waals surface area contributed by atoms with E-state index in [2.05, 4.69) is 19.9 Å². The third kappa shape index (κ3) is 1.76. The molecular formula is C15H10FN5O. The maximum atomic E-state index is 13.4. The van der Waals surface area contributed by atoms with E-state index in [4.69, 9.17) is 5.73 Å². The molecule has 0 amide bonds. The van der Waals surface area contributed by atoms with E-state index in [1.54, 1.807) is 18.3 Å². The summed E-state index contributed by atoms with van der Waals surface area (Å²) in [6, 6.07) is 5.91. The molecule has 4 rings (SSSR count). The Kier molecular flexibility index (Phi) is 2.50. The molecule has 0 unspecified atom stereocenters. The zero-order valence-corrected chi connectivity index (χ0v) is 11.2. The van der Waals surface area contributed by atoms with Gasteiger partial charge in [-0.15, -0.1) is 0 Å². The third-order valence-electron chi connectivity index (χ3n) is 3.53. The first-order chi connectivity index (χ1) is 10.6. The van der Waals surface area contributed by atoms with Crippen molar-refractivity contribution in [3.8, 4) is 11.4 Å². The molecule has 108 valence electrons. The molecule has 22 heavy (non-hydrogen) atoms. The predicted molar refractivity (Wildman–Crippen MR) is 81.8 cm³/mol. The van der Waals surface area contributed by atoms with Crippen molar-refractivity contribution >= 4 is 27.6 Å². The molecule has 0 aliphatic heterocycles. The van der Waals surface area contributed by atoms with E-state index in [0.29, 0.717) is 33.3 Å². The van der Waals surface area contributed by atoms with Crippen molar-refractivity contribution < 1.29 is 4.39 Å². The summed E-state index contributed by atoms with van der Waals surface area (Å²) in [6.07, 6.45) is 3.11. The minimum absolute atomic E-state index is 0.160. The number of nitrogens with zero attached hydrogens (tertiary/aromatic N) is 2. The minimum atomic E-state index is -0.392. The summed E-state index contributed by atoms with van der Waals surface area (Å²) in [4.78, 5) is 26.2. The molecule has 7 heteroatoms. The topological polar surface area (TPSA) is 100 Å². The molecule has 0 saturated heterocycles. The molecule has 0 radical (unpaired) electrons. The van der Waals surface area contributed by atoms with Crippen LogP contribution in [-0.4, -0.2) is 19.9 Å². The summed E-state index contributed by atoms with van der Waals surface area (Å²) in [5.74, 6) is -0.392. The van der Waals surface area contributed by atoms with Gasteiger partial charge in [0, 0.05) is 17.1 Å². The second-order valence-electron chi connectivity index (χ2n) is 4.91. The SMILES string of the molecule is Nc1c(-c2nc3ccncc3[nH]c2=O)[nH]c2ccc(F)cc12. The molecule has 0 atom stereocenters. The van der Waals surface area contributed by atoms with Gasteiger partial charge in [-0.2, -0.15) is 0 Å². The van der Waals surface area contributed by atoms with Crippen LogP contribution in [0.15, 0.2) is 41.5 Å². The van der Waals surface area contributed by atoms with E-state index in [9.17, 15) is 9.18 Å². The lowest BCUT2D eigenvalue weighted by atomic mass is 10.2. The van der Waals surface area contributed by atoms with Crippen LogP contribution in [0.25, 0.3) is 33.3 Å². The van der Waals surface area contributed by atoms with Gasteiger partial charge in [0.05, 0.1) is 28.6 Å². The van der Waals surface area contributed by atoms with Gasteiger partial charge in [-0.25, -0.2) is 9.37 Å². The number of halogens is 1. The largest absolute Gasteiger partial charge is 0.396 e. The highest BCUT2D eigenvalue weighted by atomic mass is 19.1. The van der Waals surface area contributed by atoms with Gasteiger partial charge in [-0.05, 0) is 24.3 Å². The highest BCUT2D eigenvalue weighted by Crippen LogP contribution is 2.30. The van der Waals surface area contributed by atoms with Crippen LogP contribution in [0.3, 0.4) is 0 Å². The fraction of sp³-hybridized carbons (Fsp3) is 0. The van der Waals surface area contributed by atoms with Gasteiger partial charge < -0.3 is 15.7 Å². The van der Waals surface area contributed by atoms with Crippen molar-refractivity contribution in [1.29, 1.82) is 0 Å². The smallest absolute Gasteiger partial charge is 0.276 e. The first kappa shape index (κ1) is 12.5. The van der Waals surface area contributed by atoms with Crippen LogP contribution in [-0.2, 0) is 0 Å². The lowest BCUT2D eigenvalue weighted by molar-refractivity contribution is 0.630. The van der Waals surface area contributed by atoms with E-state index in [1.165, 1.54) is 18.3 Å². The highest BCUT2D eigenvalue weighted by molar-refractivity contribution is 5.99. The van der Waals surface area contributed by atoms with Crippen LogP contribution in [0.4, 0.5) is 10.1 Å². The number of nitrogen functional groups attached to an aromatic ring is 1. The summed E-state index contributed by atoms with van der Waals surface area (Å²) in [6.45, 7) is 0. The van der Waals surface area contributed by atoms with Crippen molar-refractivity contribution in [2.24, 2.45) is 0 Å². The van der Waals surface area contributed by atoms with Gasteiger partial charge >= 0.3 is 0 Å². The van der Waals surface area contributed by atoms with Gasteiger partial charge in [-0.1, -0.05) is 0 Å². The zero-order valence-electron chi connectivity index (χ0n) is 11.2. The Morgan fingerprint density at radius 2 is 2.00 bits per heavy atom. The summed E-state index contributed by atoms with van der Waals surface area (Å²) < 4.78 is 13.4. The summed E-state index contributed by atoms with van der Waals surface area (Å²) >= 11 is 0. The number of hydrogen-bond donors (Lipinski definition) is 3. The fourth-order valence-corrected chi connectivity index (χ4v) is 2.47. The first-order valence-corrected chi connectivity index (χ1v) is 6.54. The molecule has 4 N–H and O–H groups in total. The summed E-state index contributed by atoms with van der Waals surface area (Å²) in [5.41, 5.74) is 8.26. The summed E-state index contributed by atoms with van der Waals surface area (Å²) in [7, 11) is 0. The van der Waals surface area contributed by atoms with Crippen molar-refractivity contribution in [3.05, 3.63) is 52.8 Å². The van der Waals surface area contributed by atoms with Crippen molar-refractivity contribution in [1.82, 2.24) is 19.9 Å². The number of aromatic nitrogens is 4. The van der Waals surface area contributed by atoms with E-state index >= 15 is 0 Å². The van der Waals surface area contributed by atoms with Crippen LogP contribution < -0.4 is 11.3 Å². The Morgan fingerprint density at radius 3 is 2.86 bits per heavy atom. The van der Waals surface area contributed by atoms with Crippen LogP contribution in [0.1, 0.15) is 0 Å². The Morgan fingerprint density at radius 1 is 1.14 bits per heavy atom. The molecule has 4 aromatic rings. The average Bonchev–Trinajstić information content (AvgIpc) is 2.83. The molecule has 0 aliphatic carbocycles. The minimum Gasteiger partial charge on any atom is -0.396 e. The molecule has 3 aromatic heterocycles. The number of nitrogens with one attached hydrogen (secondary N) is 2. The number of anilines is 1. The standard InChI is InChI=1S/C15H10FN5O/c16-7-1-2-9-8(5-7)12(17)13(19-9)14-15(22)21-11-6-18-4-3-10(11)20-14/h1-6,19H,17H2,(H,21,22).